The van der Waals surface area contributed by atoms with Crippen molar-refractivity contribution in [3.8, 4) is 5.75 Å². The first kappa shape index (κ1) is 18.9. The van der Waals surface area contributed by atoms with Gasteiger partial charge in [-0.1, -0.05) is 0 Å². The fraction of sp³-hybridized carbons (Fsp3) is 0.450. The number of benzene rings is 1. The van der Waals surface area contributed by atoms with E-state index >= 15 is 0 Å². The first-order valence-electron chi connectivity index (χ1n) is 9.18. The van der Waals surface area contributed by atoms with Crippen molar-refractivity contribution >= 4 is 23.2 Å². The lowest BCUT2D eigenvalue weighted by molar-refractivity contribution is -0.117. The van der Waals surface area contributed by atoms with E-state index in [0.29, 0.717) is 37.2 Å². The molecular weight excluding hydrogens is 344 g/mol. The molecule has 2 amide bonds. The second-order valence-electron chi connectivity index (χ2n) is 6.86. The normalized spacial score (nSPS) is 13.9. The zero-order chi connectivity index (χ0) is 19.6. The minimum atomic E-state index is -0.0651. The van der Waals surface area contributed by atoms with Gasteiger partial charge in [0.25, 0.3) is 0 Å². The second kappa shape index (κ2) is 7.82. The van der Waals surface area contributed by atoms with E-state index in [-0.39, 0.29) is 11.8 Å². The summed E-state index contributed by atoms with van der Waals surface area (Å²) in [6.07, 6.45) is 2.44. The summed E-state index contributed by atoms with van der Waals surface area (Å²) >= 11 is 0. The summed E-state index contributed by atoms with van der Waals surface area (Å²) in [4.78, 5) is 26.1. The van der Waals surface area contributed by atoms with Crippen LogP contribution in [-0.2, 0) is 23.1 Å². The zero-order valence-corrected chi connectivity index (χ0v) is 16.3. The Labute approximate surface area is 159 Å². The summed E-state index contributed by atoms with van der Waals surface area (Å²) in [5.41, 5.74) is 4.57. The highest BCUT2D eigenvalue weighted by atomic mass is 16.5. The van der Waals surface area contributed by atoms with Gasteiger partial charge in [0.15, 0.2) is 0 Å². The molecule has 0 atom stereocenters. The minimum Gasteiger partial charge on any atom is -0.494 e. The van der Waals surface area contributed by atoms with Gasteiger partial charge in [-0.25, -0.2) is 0 Å². The Bertz CT molecular complexity index is 872. The Morgan fingerprint density at radius 2 is 2.11 bits per heavy atom. The van der Waals surface area contributed by atoms with Crippen LogP contribution < -0.4 is 15.0 Å². The third-order valence-electron chi connectivity index (χ3n) is 5.09. The molecule has 0 aliphatic carbocycles. The van der Waals surface area contributed by atoms with E-state index in [9.17, 15) is 9.59 Å². The number of carbonyl (C=O) groups excluding carboxylic acids is 2. The maximum absolute atomic E-state index is 12.4. The van der Waals surface area contributed by atoms with E-state index in [0.717, 1.165) is 29.1 Å². The maximum atomic E-state index is 12.4. The first-order valence-corrected chi connectivity index (χ1v) is 9.18. The van der Waals surface area contributed by atoms with Crippen LogP contribution in [0.1, 0.15) is 36.2 Å². The van der Waals surface area contributed by atoms with E-state index in [1.807, 2.05) is 37.7 Å². The second-order valence-corrected chi connectivity index (χ2v) is 6.86. The highest BCUT2D eigenvalue weighted by Crippen LogP contribution is 2.33. The number of carbonyl (C=O) groups is 2. The molecule has 144 valence electrons. The number of anilines is 2. The lowest BCUT2D eigenvalue weighted by atomic mass is 10.1. The van der Waals surface area contributed by atoms with E-state index in [1.54, 1.807) is 18.1 Å². The van der Waals surface area contributed by atoms with Crippen LogP contribution in [0.5, 0.6) is 5.75 Å². The summed E-state index contributed by atoms with van der Waals surface area (Å²) in [5, 5.41) is 7.30. The topological polar surface area (TPSA) is 76.5 Å². The number of hydrogen-bond donors (Lipinski definition) is 1. The largest absolute Gasteiger partial charge is 0.494 e. The molecule has 0 unspecified atom stereocenters. The first-order chi connectivity index (χ1) is 12.9. The number of methoxy groups -OCH3 is 1. The molecule has 1 aromatic carbocycles. The number of aryl methyl sites for hydroxylation is 2. The molecule has 1 N–H and O–H groups in total. The molecule has 1 saturated heterocycles. The molecule has 1 fully saturated rings. The van der Waals surface area contributed by atoms with Crippen molar-refractivity contribution in [2.75, 3.05) is 23.9 Å². The standard InChI is InChI=1S/C20H26N4O3/c1-13-16(14(2)23(3)22-13)8-10-19(25)21-15-7-9-17(18(12-15)27-4)24-11-5-6-20(24)26/h7,9,12H,5-6,8,10-11H2,1-4H3,(H,21,25). The quantitative estimate of drug-likeness (QED) is 0.848. The van der Waals surface area contributed by atoms with Crippen molar-refractivity contribution in [3.63, 3.8) is 0 Å². The summed E-state index contributed by atoms with van der Waals surface area (Å²) in [6, 6.07) is 5.40. The van der Waals surface area contributed by atoms with E-state index in [1.165, 1.54) is 0 Å². The molecule has 0 spiro atoms. The number of amides is 2. The van der Waals surface area contributed by atoms with Crippen LogP contribution in [0.4, 0.5) is 11.4 Å². The number of aromatic nitrogens is 2. The van der Waals surface area contributed by atoms with Crippen molar-refractivity contribution in [2.24, 2.45) is 7.05 Å². The van der Waals surface area contributed by atoms with Crippen molar-refractivity contribution in [1.82, 2.24) is 9.78 Å². The molecule has 2 aromatic rings. The minimum absolute atomic E-state index is 0.0651. The number of ether oxygens (including phenoxy) is 1. The Morgan fingerprint density at radius 3 is 2.70 bits per heavy atom. The van der Waals surface area contributed by atoms with E-state index < -0.39 is 0 Å². The van der Waals surface area contributed by atoms with Gasteiger partial charge in [-0.2, -0.15) is 5.10 Å². The zero-order valence-electron chi connectivity index (χ0n) is 16.3. The van der Waals surface area contributed by atoms with E-state index in [2.05, 4.69) is 10.4 Å². The Hall–Kier alpha value is -2.83. The molecule has 1 aliphatic rings. The van der Waals surface area contributed by atoms with Crippen LogP contribution in [0.25, 0.3) is 0 Å². The van der Waals surface area contributed by atoms with Crippen LogP contribution in [0.3, 0.4) is 0 Å². The number of nitrogens with one attached hydrogen (secondary N) is 1. The highest BCUT2D eigenvalue weighted by molar-refractivity contribution is 5.98. The van der Waals surface area contributed by atoms with Crippen molar-refractivity contribution in [1.29, 1.82) is 0 Å². The average molecular weight is 370 g/mol. The molecule has 0 saturated carbocycles. The van der Waals surface area contributed by atoms with Crippen LogP contribution >= 0.6 is 0 Å². The molecule has 7 heteroatoms. The van der Waals surface area contributed by atoms with Gasteiger partial charge in [-0.05, 0) is 44.4 Å². The molecule has 1 aromatic heterocycles. The van der Waals surface area contributed by atoms with Crippen LogP contribution in [0, 0.1) is 13.8 Å². The lowest BCUT2D eigenvalue weighted by Gasteiger charge is -2.19. The van der Waals surface area contributed by atoms with Crippen molar-refractivity contribution in [3.05, 3.63) is 35.2 Å². The van der Waals surface area contributed by atoms with Crippen LogP contribution in [-0.4, -0.2) is 35.2 Å². The fourth-order valence-corrected chi connectivity index (χ4v) is 3.52. The Balaban J connectivity index is 1.66. The lowest BCUT2D eigenvalue weighted by Crippen LogP contribution is -2.24. The third kappa shape index (κ3) is 3.97. The van der Waals surface area contributed by atoms with Gasteiger partial charge in [0.05, 0.1) is 18.5 Å². The molecule has 27 heavy (non-hydrogen) atoms. The van der Waals surface area contributed by atoms with Gasteiger partial charge >= 0.3 is 0 Å². The molecular formula is C20H26N4O3. The van der Waals surface area contributed by atoms with Crippen molar-refractivity contribution in [2.45, 2.75) is 39.5 Å². The predicted octanol–water partition coefficient (Wildman–Crippen LogP) is 2.74. The van der Waals surface area contributed by atoms with Crippen LogP contribution in [0.15, 0.2) is 18.2 Å². The van der Waals surface area contributed by atoms with Gasteiger partial charge in [0.2, 0.25) is 11.8 Å². The van der Waals surface area contributed by atoms with Gasteiger partial charge < -0.3 is 15.0 Å². The maximum Gasteiger partial charge on any atom is 0.227 e. The molecule has 3 rings (SSSR count). The smallest absolute Gasteiger partial charge is 0.227 e. The predicted molar refractivity (Wildman–Crippen MR) is 104 cm³/mol. The number of hydrogen-bond acceptors (Lipinski definition) is 4. The molecule has 1 aliphatic heterocycles. The third-order valence-corrected chi connectivity index (χ3v) is 5.09. The monoisotopic (exact) mass is 370 g/mol. The summed E-state index contributed by atoms with van der Waals surface area (Å²) < 4.78 is 7.27. The molecule has 7 nitrogen and oxygen atoms in total. The Kier molecular flexibility index (Phi) is 5.48. The van der Waals surface area contributed by atoms with E-state index in [4.69, 9.17) is 4.74 Å². The van der Waals surface area contributed by atoms with Gasteiger partial charge in [0, 0.05) is 43.9 Å². The van der Waals surface area contributed by atoms with Gasteiger partial charge in [0.1, 0.15) is 5.75 Å². The fourth-order valence-electron chi connectivity index (χ4n) is 3.52. The molecule has 0 radical (unpaired) electrons. The average Bonchev–Trinajstić information content (AvgIpc) is 3.16. The summed E-state index contributed by atoms with van der Waals surface area (Å²) in [7, 11) is 3.48. The highest BCUT2D eigenvalue weighted by Gasteiger charge is 2.24. The van der Waals surface area contributed by atoms with Gasteiger partial charge in [-0.15, -0.1) is 0 Å². The van der Waals surface area contributed by atoms with Crippen molar-refractivity contribution < 1.29 is 14.3 Å². The van der Waals surface area contributed by atoms with Crippen LogP contribution in [0.2, 0.25) is 0 Å². The number of nitrogens with zero attached hydrogens (tertiary/aromatic N) is 3. The Morgan fingerprint density at radius 1 is 1.33 bits per heavy atom. The summed E-state index contributed by atoms with van der Waals surface area (Å²) in [6.45, 7) is 4.67. The SMILES string of the molecule is COc1cc(NC(=O)CCc2c(C)nn(C)c2C)ccc1N1CCCC1=O. The molecule has 0 bridgehead atoms. The number of rotatable bonds is 6. The summed E-state index contributed by atoms with van der Waals surface area (Å²) in [5.74, 6) is 0.624. The molecule has 2 heterocycles. The van der Waals surface area contributed by atoms with Gasteiger partial charge in [-0.3, -0.25) is 14.3 Å².